The van der Waals surface area contributed by atoms with Gasteiger partial charge in [-0.15, -0.1) is 11.3 Å². The summed E-state index contributed by atoms with van der Waals surface area (Å²) in [5, 5.41) is 5.23. The Morgan fingerprint density at radius 3 is 2.47 bits per heavy atom. The number of hydrogen-bond donors (Lipinski definition) is 1. The number of fused-ring (bicyclic) bond motifs is 1. The second-order valence-corrected chi connectivity index (χ2v) is 10.5. The van der Waals surface area contributed by atoms with Crippen LogP contribution in [0.5, 0.6) is 11.5 Å². The lowest BCUT2D eigenvalue weighted by molar-refractivity contribution is -0.127. The average molecular weight is 505 g/mol. The molecular formula is C29H32N2O4S. The zero-order chi connectivity index (χ0) is 24.9. The first-order chi connectivity index (χ1) is 17.6. The predicted octanol–water partition coefficient (Wildman–Crippen LogP) is 5.59. The summed E-state index contributed by atoms with van der Waals surface area (Å²) in [6.45, 7) is 2.95. The highest BCUT2D eigenvalue weighted by atomic mass is 32.1. The van der Waals surface area contributed by atoms with Gasteiger partial charge in [-0.05, 0) is 48.9 Å². The average Bonchev–Trinajstić information content (AvgIpc) is 3.41. The second-order valence-electron chi connectivity index (χ2n) is 9.50. The van der Waals surface area contributed by atoms with Gasteiger partial charge in [-0.25, -0.2) is 0 Å². The monoisotopic (exact) mass is 504 g/mol. The molecule has 1 fully saturated rings. The van der Waals surface area contributed by atoms with E-state index in [0.29, 0.717) is 30.4 Å². The molecule has 6 nitrogen and oxygen atoms in total. The molecule has 7 heteroatoms. The molecule has 188 valence electrons. The van der Waals surface area contributed by atoms with Gasteiger partial charge in [0.05, 0.1) is 6.42 Å². The van der Waals surface area contributed by atoms with E-state index in [1.165, 1.54) is 6.42 Å². The van der Waals surface area contributed by atoms with Gasteiger partial charge in [0.2, 0.25) is 11.8 Å². The van der Waals surface area contributed by atoms with E-state index in [1.807, 2.05) is 66.9 Å². The van der Waals surface area contributed by atoms with E-state index in [0.717, 1.165) is 41.7 Å². The molecule has 2 aromatic carbocycles. The largest absolute Gasteiger partial charge is 0.486 e. The Morgan fingerprint density at radius 1 is 1.00 bits per heavy atom. The lowest BCUT2D eigenvalue weighted by Gasteiger charge is -2.34. The fourth-order valence-electron chi connectivity index (χ4n) is 4.96. The Morgan fingerprint density at radius 2 is 1.75 bits per heavy atom. The van der Waals surface area contributed by atoms with Crippen LogP contribution in [0.1, 0.15) is 54.1 Å². The highest BCUT2D eigenvalue weighted by Crippen LogP contribution is 2.37. The quantitative estimate of drug-likeness (QED) is 0.455. The number of ether oxygens (including phenoxy) is 2. The SMILES string of the molecule is Cc1ccc(C(C(=O)NC2CCCCC2)N(C(=O)Cc2cccs2)c2ccc3c(c2)OCCO3)cc1. The van der Waals surface area contributed by atoms with Crippen LogP contribution in [0.4, 0.5) is 5.69 Å². The molecule has 1 saturated carbocycles. The van der Waals surface area contributed by atoms with E-state index in [9.17, 15) is 9.59 Å². The first-order valence-electron chi connectivity index (χ1n) is 12.7. The molecular weight excluding hydrogens is 472 g/mol. The van der Waals surface area contributed by atoms with E-state index in [4.69, 9.17) is 9.47 Å². The molecule has 2 heterocycles. The molecule has 2 aliphatic rings. The Hall–Kier alpha value is -3.32. The van der Waals surface area contributed by atoms with Crippen LogP contribution < -0.4 is 19.7 Å². The van der Waals surface area contributed by atoms with Crippen molar-refractivity contribution in [2.24, 2.45) is 0 Å². The molecule has 1 aliphatic carbocycles. The third-order valence-electron chi connectivity index (χ3n) is 6.83. The first-order valence-corrected chi connectivity index (χ1v) is 13.6. The van der Waals surface area contributed by atoms with Crippen molar-refractivity contribution in [3.8, 4) is 11.5 Å². The number of nitrogens with one attached hydrogen (secondary N) is 1. The highest BCUT2D eigenvalue weighted by Gasteiger charge is 2.35. The van der Waals surface area contributed by atoms with Gasteiger partial charge in [-0.1, -0.05) is 55.2 Å². The molecule has 1 atom stereocenters. The number of amides is 2. The summed E-state index contributed by atoms with van der Waals surface area (Å²) in [5.41, 5.74) is 2.49. The zero-order valence-electron chi connectivity index (χ0n) is 20.6. The van der Waals surface area contributed by atoms with Gasteiger partial charge in [0, 0.05) is 22.7 Å². The summed E-state index contributed by atoms with van der Waals surface area (Å²) >= 11 is 1.54. The molecule has 0 saturated heterocycles. The van der Waals surface area contributed by atoms with Gasteiger partial charge in [0.15, 0.2) is 11.5 Å². The van der Waals surface area contributed by atoms with Gasteiger partial charge in [0.25, 0.3) is 0 Å². The van der Waals surface area contributed by atoms with Crippen LogP contribution in [0.2, 0.25) is 0 Å². The standard InChI is InChI=1S/C29H32N2O4S/c1-20-9-11-21(12-10-20)28(29(33)30-22-6-3-2-4-7-22)31(27(32)19-24-8-5-17-36-24)23-13-14-25-26(18-23)35-16-15-34-25/h5,8-14,17-18,22,28H,2-4,6-7,15-16,19H2,1H3,(H,30,33). The van der Waals surface area contributed by atoms with Crippen molar-refractivity contribution in [2.45, 2.75) is 57.5 Å². The van der Waals surface area contributed by atoms with E-state index >= 15 is 0 Å². The summed E-state index contributed by atoms with van der Waals surface area (Å²) in [4.78, 5) is 30.5. The minimum atomic E-state index is -0.803. The number of rotatable bonds is 7. The molecule has 1 aromatic heterocycles. The minimum Gasteiger partial charge on any atom is -0.486 e. The first kappa shape index (κ1) is 24.4. The van der Waals surface area contributed by atoms with Crippen molar-refractivity contribution in [3.63, 3.8) is 0 Å². The van der Waals surface area contributed by atoms with Gasteiger partial charge in [-0.3, -0.25) is 14.5 Å². The van der Waals surface area contributed by atoms with E-state index in [-0.39, 0.29) is 24.3 Å². The van der Waals surface area contributed by atoms with Crippen molar-refractivity contribution < 1.29 is 19.1 Å². The Labute approximate surface area is 216 Å². The van der Waals surface area contributed by atoms with Gasteiger partial charge < -0.3 is 14.8 Å². The molecule has 2 amide bonds. The fraction of sp³-hybridized carbons (Fsp3) is 0.379. The number of anilines is 1. The Balaban J connectivity index is 1.56. The van der Waals surface area contributed by atoms with Crippen molar-refractivity contribution in [3.05, 3.63) is 76.0 Å². The van der Waals surface area contributed by atoms with E-state index in [2.05, 4.69) is 5.32 Å². The number of nitrogens with zero attached hydrogens (tertiary/aromatic N) is 1. The van der Waals surface area contributed by atoms with Gasteiger partial charge in [0.1, 0.15) is 19.3 Å². The highest BCUT2D eigenvalue weighted by molar-refractivity contribution is 7.10. The lowest BCUT2D eigenvalue weighted by Crippen LogP contribution is -2.47. The molecule has 1 unspecified atom stereocenters. The number of carbonyl (C=O) groups excluding carboxylic acids is 2. The predicted molar refractivity (Wildman–Crippen MR) is 142 cm³/mol. The van der Waals surface area contributed by atoms with Crippen LogP contribution in [0, 0.1) is 6.92 Å². The molecule has 1 aliphatic heterocycles. The van der Waals surface area contributed by atoms with E-state index < -0.39 is 6.04 Å². The number of benzene rings is 2. The number of thiophene rings is 1. The summed E-state index contributed by atoms with van der Waals surface area (Å²) < 4.78 is 11.5. The maximum Gasteiger partial charge on any atom is 0.248 e. The van der Waals surface area contributed by atoms with Crippen molar-refractivity contribution in [2.75, 3.05) is 18.1 Å². The number of aryl methyl sites for hydroxylation is 1. The van der Waals surface area contributed by atoms with Crippen LogP contribution in [-0.2, 0) is 16.0 Å². The van der Waals surface area contributed by atoms with Crippen molar-refractivity contribution in [1.29, 1.82) is 0 Å². The second kappa shape index (κ2) is 11.2. The van der Waals surface area contributed by atoms with E-state index in [1.54, 1.807) is 16.2 Å². The topological polar surface area (TPSA) is 67.9 Å². The molecule has 0 bridgehead atoms. The lowest BCUT2D eigenvalue weighted by atomic mass is 9.94. The molecule has 5 rings (SSSR count). The zero-order valence-corrected chi connectivity index (χ0v) is 21.4. The molecule has 1 N–H and O–H groups in total. The smallest absolute Gasteiger partial charge is 0.248 e. The molecule has 36 heavy (non-hydrogen) atoms. The summed E-state index contributed by atoms with van der Waals surface area (Å²) in [6.07, 6.45) is 5.59. The van der Waals surface area contributed by atoms with Gasteiger partial charge >= 0.3 is 0 Å². The van der Waals surface area contributed by atoms with Crippen molar-refractivity contribution in [1.82, 2.24) is 5.32 Å². The van der Waals surface area contributed by atoms with Gasteiger partial charge in [-0.2, -0.15) is 0 Å². The van der Waals surface area contributed by atoms with Crippen LogP contribution >= 0.6 is 11.3 Å². The molecule has 0 radical (unpaired) electrons. The minimum absolute atomic E-state index is 0.133. The maximum absolute atomic E-state index is 13.9. The summed E-state index contributed by atoms with van der Waals surface area (Å²) in [7, 11) is 0. The fourth-order valence-corrected chi connectivity index (χ4v) is 5.66. The normalized spacial score (nSPS) is 16.2. The Kier molecular flexibility index (Phi) is 7.56. The molecule has 3 aromatic rings. The third-order valence-corrected chi connectivity index (χ3v) is 7.71. The summed E-state index contributed by atoms with van der Waals surface area (Å²) in [5.74, 6) is 0.941. The number of hydrogen-bond acceptors (Lipinski definition) is 5. The third kappa shape index (κ3) is 5.57. The van der Waals surface area contributed by atoms with Crippen LogP contribution in [-0.4, -0.2) is 31.1 Å². The number of carbonyl (C=O) groups is 2. The molecule has 0 spiro atoms. The van der Waals surface area contributed by atoms with Crippen LogP contribution in [0.3, 0.4) is 0 Å². The van der Waals surface area contributed by atoms with Crippen LogP contribution in [0.25, 0.3) is 0 Å². The maximum atomic E-state index is 13.9. The Bertz CT molecular complexity index is 1190. The van der Waals surface area contributed by atoms with Crippen molar-refractivity contribution >= 4 is 28.8 Å². The summed E-state index contributed by atoms with van der Waals surface area (Å²) in [6, 6.07) is 16.6. The van der Waals surface area contributed by atoms with Crippen LogP contribution in [0.15, 0.2) is 60.0 Å².